The zero-order valence-corrected chi connectivity index (χ0v) is 11.6. The lowest BCUT2D eigenvalue weighted by molar-refractivity contribution is -0.183. The lowest BCUT2D eigenvalue weighted by Gasteiger charge is -2.30. The van der Waals surface area contributed by atoms with Gasteiger partial charge < -0.3 is 10.4 Å². The number of pyridine rings is 1. The Balaban J connectivity index is 2.02. The minimum Gasteiger partial charge on any atom is -0.478 e. The molecule has 1 aliphatic rings. The van der Waals surface area contributed by atoms with Crippen LogP contribution in [0.5, 0.6) is 0 Å². The molecule has 5 nitrogen and oxygen atoms in total. The van der Waals surface area contributed by atoms with Crippen LogP contribution in [0.15, 0.2) is 18.3 Å². The Bertz CT molecular complexity index is 575. The van der Waals surface area contributed by atoms with Crippen LogP contribution in [-0.4, -0.2) is 34.2 Å². The molecule has 1 aliphatic carbocycles. The molecule has 1 aromatic rings. The number of carboxylic acid groups (broad SMARTS) is 1. The SMILES string of the molecule is O=C(O)c1ccnc(C(=O)NC2CCCC(C(F)(F)F)C2)c1. The Kier molecular flexibility index (Phi) is 4.68. The van der Waals surface area contributed by atoms with Crippen LogP contribution in [0.25, 0.3) is 0 Å². The fourth-order valence-electron chi connectivity index (χ4n) is 2.57. The summed E-state index contributed by atoms with van der Waals surface area (Å²) in [4.78, 5) is 26.6. The van der Waals surface area contributed by atoms with Gasteiger partial charge in [-0.25, -0.2) is 4.79 Å². The van der Waals surface area contributed by atoms with E-state index >= 15 is 0 Å². The summed E-state index contributed by atoms with van der Waals surface area (Å²) in [5.41, 5.74) is -0.217. The molecular weight excluding hydrogens is 301 g/mol. The van der Waals surface area contributed by atoms with Gasteiger partial charge in [0.05, 0.1) is 11.5 Å². The number of alkyl halides is 3. The zero-order chi connectivity index (χ0) is 16.3. The van der Waals surface area contributed by atoms with Crippen molar-refractivity contribution in [1.82, 2.24) is 10.3 Å². The molecule has 1 fully saturated rings. The van der Waals surface area contributed by atoms with Gasteiger partial charge in [0.1, 0.15) is 5.69 Å². The van der Waals surface area contributed by atoms with E-state index < -0.39 is 30.0 Å². The largest absolute Gasteiger partial charge is 0.478 e. The van der Waals surface area contributed by atoms with E-state index in [9.17, 15) is 22.8 Å². The van der Waals surface area contributed by atoms with Gasteiger partial charge in [0.15, 0.2) is 0 Å². The second-order valence-electron chi connectivity index (χ2n) is 5.31. The van der Waals surface area contributed by atoms with Gasteiger partial charge in [-0.15, -0.1) is 0 Å². The van der Waals surface area contributed by atoms with Gasteiger partial charge in [0.2, 0.25) is 0 Å². The zero-order valence-electron chi connectivity index (χ0n) is 11.6. The first-order chi connectivity index (χ1) is 10.3. The standard InChI is InChI=1S/C14H15F3N2O3/c15-14(16,17)9-2-1-3-10(7-9)19-12(20)11-6-8(13(21)22)4-5-18-11/h4-6,9-10H,1-3,7H2,(H,19,20)(H,21,22). The van der Waals surface area contributed by atoms with E-state index in [0.717, 1.165) is 6.07 Å². The predicted molar refractivity (Wildman–Crippen MR) is 70.5 cm³/mol. The van der Waals surface area contributed by atoms with E-state index in [0.29, 0.717) is 12.8 Å². The number of rotatable bonds is 3. The van der Waals surface area contributed by atoms with Gasteiger partial charge in [-0.2, -0.15) is 13.2 Å². The third-order valence-electron chi connectivity index (χ3n) is 3.71. The number of aromatic carboxylic acids is 1. The van der Waals surface area contributed by atoms with E-state index in [1.165, 1.54) is 12.3 Å². The number of carboxylic acids is 1. The van der Waals surface area contributed by atoms with Crippen LogP contribution in [0.2, 0.25) is 0 Å². The molecule has 8 heteroatoms. The van der Waals surface area contributed by atoms with Crippen LogP contribution >= 0.6 is 0 Å². The van der Waals surface area contributed by atoms with Gasteiger partial charge in [-0.1, -0.05) is 6.42 Å². The third kappa shape index (κ3) is 3.96. The Hall–Kier alpha value is -2.12. The number of hydrogen-bond acceptors (Lipinski definition) is 3. The molecule has 0 aromatic carbocycles. The van der Waals surface area contributed by atoms with Crippen molar-refractivity contribution in [3.05, 3.63) is 29.6 Å². The van der Waals surface area contributed by atoms with Crippen molar-refractivity contribution >= 4 is 11.9 Å². The number of carbonyl (C=O) groups is 2. The van der Waals surface area contributed by atoms with Crippen molar-refractivity contribution in [3.8, 4) is 0 Å². The molecule has 2 atom stereocenters. The minimum absolute atomic E-state index is 0.0720. The number of nitrogens with zero attached hydrogens (tertiary/aromatic N) is 1. The van der Waals surface area contributed by atoms with Gasteiger partial charge in [0.25, 0.3) is 5.91 Å². The van der Waals surface area contributed by atoms with Crippen molar-refractivity contribution in [2.75, 3.05) is 0 Å². The van der Waals surface area contributed by atoms with Crippen molar-refractivity contribution in [2.24, 2.45) is 5.92 Å². The molecule has 0 saturated heterocycles. The second kappa shape index (κ2) is 6.33. The van der Waals surface area contributed by atoms with Gasteiger partial charge in [-0.05, 0) is 31.4 Å². The highest BCUT2D eigenvalue weighted by Crippen LogP contribution is 2.37. The van der Waals surface area contributed by atoms with Crippen molar-refractivity contribution in [1.29, 1.82) is 0 Å². The third-order valence-corrected chi connectivity index (χ3v) is 3.71. The highest BCUT2D eigenvalue weighted by atomic mass is 19.4. The molecule has 1 amide bonds. The molecule has 0 aliphatic heterocycles. The molecule has 1 saturated carbocycles. The molecule has 22 heavy (non-hydrogen) atoms. The molecule has 0 bridgehead atoms. The smallest absolute Gasteiger partial charge is 0.391 e. The number of aromatic nitrogens is 1. The lowest BCUT2D eigenvalue weighted by Crippen LogP contribution is -2.41. The quantitative estimate of drug-likeness (QED) is 0.898. The molecular formula is C14H15F3N2O3. The maximum absolute atomic E-state index is 12.7. The van der Waals surface area contributed by atoms with E-state index in [1.807, 2.05) is 0 Å². The fourth-order valence-corrected chi connectivity index (χ4v) is 2.57. The number of halogens is 3. The van der Waals surface area contributed by atoms with Gasteiger partial charge in [-0.3, -0.25) is 9.78 Å². The predicted octanol–water partition coefficient (Wildman–Crippen LogP) is 2.63. The Morgan fingerprint density at radius 3 is 2.68 bits per heavy atom. The molecule has 1 aromatic heterocycles. The Morgan fingerprint density at radius 2 is 2.05 bits per heavy atom. The molecule has 2 unspecified atom stereocenters. The van der Waals surface area contributed by atoms with Crippen LogP contribution in [0.1, 0.15) is 46.5 Å². The van der Waals surface area contributed by atoms with Gasteiger partial charge in [0, 0.05) is 12.2 Å². The molecule has 2 N–H and O–H groups in total. The summed E-state index contributed by atoms with van der Waals surface area (Å²) in [6.07, 6.45) is -2.31. The molecule has 120 valence electrons. The Morgan fingerprint density at radius 1 is 1.32 bits per heavy atom. The number of carbonyl (C=O) groups excluding carboxylic acids is 1. The van der Waals surface area contributed by atoms with E-state index in [1.54, 1.807) is 0 Å². The normalized spacial score (nSPS) is 22.1. The van der Waals surface area contributed by atoms with Crippen molar-refractivity contribution in [2.45, 2.75) is 37.9 Å². The number of amides is 1. The summed E-state index contributed by atoms with van der Waals surface area (Å²) in [5, 5.41) is 11.4. The molecule has 2 rings (SSSR count). The average Bonchev–Trinajstić information content (AvgIpc) is 2.46. The lowest BCUT2D eigenvalue weighted by atomic mass is 9.85. The molecule has 0 radical (unpaired) electrons. The summed E-state index contributed by atoms with van der Waals surface area (Å²) in [5.74, 6) is -3.27. The Labute approximate surface area is 124 Å². The van der Waals surface area contributed by atoms with Crippen LogP contribution in [0.4, 0.5) is 13.2 Å². The molecule has 1 heterocycles. The first-order valence-corrected chi connectivity index (χ1v) is 6.84. The summed E-state index contributed by atoms with van der Waals surface area (Å²) in [6, 6.07) is 1.75. The van der Waals surface area contributed by atoms with E-state index in [-0.39, 0.29) is 24.1 Å². The summed E-state index contributed by atoms with van der Waals surface area (Å²) < 4.78 is 38.2. The average molecular weight is 316 g/mol. The summed E-state index contributed by atoms with van der Waals surface area (Å²) in [7, 11) is 0. The number of nitrogens with one attached hydrogen (secondary N) is 1. The minimum atomic E-state index is -4.26. The highest BCUT2D eigenvalue weighted by molar-refractivity contribution is 5.95. The van der Waals surface area contributed by atoms with Crippen LogP contribution < -0.4 is 5.32 Å². The molecule has 0 spiro atoms. The van der Waals surface area contributed by atoms with Crippen LogP contribution in [0, 0.1) is 5.92 Å². The summed E-state index contributed by atoms with van der Waals surface area (Å²) >= 11 is 0. The first-order valence-electron chi connectivity index (χ1n) is 6.84. The van der Waals surface area contributed by atoms with Gasteiger partial charge >= 0.3 is 12.1 Å². The van der Waals surface area contributed by atoms with E-state index in [2.05, 4.69) is 10.3 Å². The summed E-state index contributed by atoms with van der Waals surface area (Å²) in [6.45, 7) is 0. The van der Waals surface area contributed by atoms with E-state index in [4.69, 9.17) is 5.11 Å². The second-order valence-corrected chi connectivity index (χ2v) is 5.31. The number of hydrogen-bond donors (Lipinski definition) is 2. The monoisotopic (exact) mass is 316 g/mol. The first kappa shape index (κ1) is 16.3. The van der Waals surface area contributed by atoms with Crippen molar-refractivity contribution < 1.29 is 27.9 Å². The highest BCUT2D eigenvalue weighted by Gasteiger charge is 2.42. The van der Waals surface area contributed by atoms with Crippen LogP contribution in [0.3, 0.4) is 0 Å². The maximum atomic E-state index is 12.7. The fraction of sp³-hybridized carbons (Fsp3) is 0.500. The van der Waals surface area contributed by atoms with Crippen LogP contribution in [-0.2, 0) is 0 Å². The maximum Gasteiger partial charge on any atom is 0.391 e. The van der Waals surface area contributed by atoms with Crippen molar-refractivity contribution in [3.63, 3.8) is 0 Å². The topological polar surface area (TPSA) is 79.3 Å².